The number of aromatic nitrogens is 2. The molecule has 1 unspecified atom stereocenters. The zero-order valence-corrected chi connectivity index (χ0v) is 17.1. The summed E-state index contributed by atoms with van der Waals surface area (Å²) < 4.78 is 1.91. The van der Waals surface area contributed by atoms with Gasteiger partial charge in [-0.1, -0.05) is 6.92 Å². The third-order valence-corrected chi connectivity index (χ3v) is 5.52. The zero-order valence-electron chi connectivity index (χ0n) is 17.1. The molecular formula is C21H36N4O. The summed E-state index contributed by atoms with van der Waals surface area (Å²) in [5.74, 6) is 1.42. The van der Waals surface area contributed by atoms with Gasteiger partial charge >= 0.3 is 0 Å². The number of likely N-dealkylation sites (tertiary alicyclic amines) is 1. The molecule has 1 atom stereocenters. The molecule has 1 aliphatic carbocycles. The summed E-state index contributed by atoms with van der Waals surface area (Å²) in [5.41, 5.74) is 1.62. The number of carbonyl (C=O) groups excluding carboxylic acids is 1. The molecule has 0 aromatic carbocycles. The SMILES string of the molecule is CC1CCCN(CCCCNC(=O)c2cc(C3CC3)nn2C(C)(C)C)C1. The Bertz CT molecular complexity index is 612. The van der Waals surface area contributed by atoms with Gasteiger partial charge in [0.15, 0.2) is 0 Å². The summed E-state index contributed by atoms with van der Waals surface area (Å²) in [6, 6.07) is 2.01. The van der Waals surface area contributed by atoms with Crippen LogP contribution in [-0.4, -0.2) is 46.8 Å². The van der Waals surface area contributed by atoms with Gasteiger partial charge in [-0.05, 0) is 84.4 Å². The average molecular weight is 361 g/mol. The second-order valence-electron chi connectivity index (χ2n) is 9.32. The minimum Gasteiger partial charge on any atom is -0.351 e. The molecule has 2 fully saturated rings. The van der Waals surface area contributed by atoms with Crippen LogP contribution in [0, 0.1) is 5.92 Å². The highest BCUT2D eigenvalue weighted by Crippen LogP contribution is 2.40. The summed E-state index contributed by atoms with van der Waals surface area (Å²) in [6.07, 6.45) is 7.30. The lowest BCUT2D eigenvalue weighted by Crippen LogP contribution is -2.35. The van der Waals surface area contributed by atoms with Gasteiger partial charge in [0.1, 0.15) is 5.69 Å². The molecule has 1 aromatic rings. The molecule has 2 aliphatic rings. The largest absolute Gasteiger partial charge is 0.351 e. The van der Waals surface area contributed by atoms with E-state index >= 15 is 0 Å². The first-order chi connectivity index (χ1) is 12.3. The number of carbonyl (C=O) groups is 1. The fourth-order valence-corrected chi connectivity index (χ4v) is 3.89. The molecule has 0 bridgehead atoms. The molecule has 146 valence electrons. The van der Waals surface area contributed by atoms with Crippen molar-refractivity contribution in [3.8, 4) is 0 Å². The van der Waals surface area contributed by atoms with Crippen molar-refractivity contribution in [2.75, 3.05) is 26.2 Å². The standard InChI is InChI=1S/C21H36N4O/c1-16-8-7-13-24(15-16)12-6-5-11-22-20(26)19-14-18(17-9-10-17)23-25(19)21(2,3)4/h14,16-17H,5-13,15H2,1-4H3,(H,22,26). The molecule has 0 radical (unpaired) electrons. The number of nitrogens with one attached hydrogen (secondary N) is 1. The molecule has 1 amide bonds. The molecule has 0 spiro atoms. The van der Waals surface area contributed by atoms with Crippen molar-refractivity contribution >= 4 is 5.91 Å². The van der Waals surface area contributed by atoms with Crippen LogP contribution in [0.2, 0.25) is 0 Å². The van der Waals surface area contributed by atoms with E-state index in [2.05, 4.69) is 37.9 Å². The quantitative estimate of drug-likeness (QED) is 0.753. The smallest absolute Gasteiger partial charge is 0.269 e. The van der Waals surface area contributed by atoms with Crippen molar-refractivity contribution in [2.24, 2.45) is 5.92 Å². The van der Waals surface area contributed by atoms with Crippen LogP contribution in [0.5, 0.6) is 0 Å². The second kappa shape index (κ2) is 8.12. The van der Waals surface area contributed by atoms with Crippen molar-refractivity contribution in [1.82, 2.24) is 20.0 Å². The van der Waals surface area contributed by atoms with E-state index in [1.54, 1.807) is 0 Å². The molecule has 5 nitrogen and oxygen atoms in total. The molecular weight excluding hydrogens is 324 g/mol. The highest BCUT2D eigenvalue weighted by molar-refractivity contribution is 5.92. The Labute approximate surface area is 158 Å². The molecule has 1 saturated heterocycles. The van der Waals surface area contributed by atoms with Crippen LogP contribution < -0.4 is 5.32 Å². The summed E-state index contributed by atoms with van der Waals surface area (Å²) in [4.78, 5) is 15.3. The predicted molar refractivity (Wildman–Crippen MR) is 106 cm³/mol. The third-order valence-electron chi connectivity index (χ3n) is 5.52. The maximum absolute atomic E-state index is 12.7. The van der Waals surface area contributed by atoms with E-state index in [4.69, 9.17) is 5.10 Å². The number of hydrogen-bond acceptors (Lipinski definition) is 3. The maximum atomic E-state index is 12.7. The monoisotopic (exact) mass is 360 g/mol. The van der Waals surface area contributed by atoms with Crippen molar-refractivity contribution < 1.29 is 4.79 Å². The van der Waals surface area contributed by atoms with Crippen molar-refractivity contribution in [3.05, 3.63) is 17.5 Å². The highest BCUT2D eigenvalue weighted by Gasteiger charge is 2.31. The van der Waals surface area contributed by atoms with Crippen LogP contribution in [-0.2, 0) is 5.54 Å². The molecule has 1 N–H and O–H groups in total. The normalized spacial score (nSPS) is 21.8. The minimum absolute atomic E-state index is 0.0194. The first-order valence-corrected chi connectivity index (χ1v) is 10.5. The Morgan fingerprint density at radius 2 is 2.04 bits per heavy atom. The second-order valence-corrected chi connectivity index (χ2v) is 9.32. The number of nitrogens with zero attached hydrogens (tertiary/aromatic N) is 3. The van der Waals surface area contributed by atoms with Crippen LogP contribution in [0.15, 0.2) is 6.07 Å². The van der Waals surface area contributed by atoms with Gasteiger partial charge in [0.25, 0.3) is 5.91 Å². The minimum atomic E-state index is -0.176. The summed E-state index contributed by atoms with van der Waals surface area (Å²) in [6.45, 7) is 13.0. The van der Waals surface area contributed by atoms with Gasteiger partial charge in [-0.25, -0.2) is 0 Å². The van der Waals surface area contributed by atoms with E-state index in [1.807, 2.05) is 10.7 Å². The van der Waals surface area contributed by atoms with E-state index in [0.717, 1.165) is 37.5 Å². The predicted octanol–water partition coefficient (Wildman–Crippen LogP) is 3.76. The number of piperidine rings is 1. The lowest BCUT2D eigenvalue weighted by atomic mass is 10.0. The molecule has 1 saturated carbocycles. The molecule has 26 heavy (non-hydrogen) atoms. The van der Waals surface area contributed by atoms with Crippen LogP contribution in [0.1, 0.15) is 88.3 Å². The van der Waals surface area contributed by atoms with Crippen LogP contribution in [0.4, 0.5) is 0 Å². The van der Waals surface area contributed by atoms with E-state index in [9.17, 15) is 4.79 Å². The van der Waals surface area contributed by atoms with Gasteiger partial charge in [-0.15, -0.1) is 0 Å². The number of hydrogen-bond donors (Lipinski definition) is 1. The summed E-state index contributed by atoms with van der Waals surface area (Å²) in [5, 5.41) is 7.84. The van der Waals surface area contributed by atoms with Gasteiger partial charge in [0, 0.05) is 19.0 Å². The first-order valence-electron chi connectivity index (χ1n) is 10.5. The Morgan fingerprint density at radius 1 is 1.27 bits per heavy atom. The molecule has 2 heterocycles. The van der Waals surface area contributed by atoms with Crippen LogP contribution in [0.3, 0.4) is 0 Å². The number of unbranched alkanes of at least 4 members (excludes halogenated alkanes) is 1. The summed E-state index contributed by atoms with van der Waals surface area (Å²) >= 11 is 0. The van der Waals surface area contributed by atoms with Gasteiger partial charge in [-0.3, -0.25) is 9.48 Å². The zero-order chi connectivity index (χ0) is 18.7. The average Bonchev–Trinajstić information content (AvgIpc) is 3.31. The van der Waals surface area contributed by atoms with Gasteiger partial charge in [-0.2, -0.15) is 5.10 Å². The molecule has 5 heteroatoms. The fraction of sp³-hybridized carbons (Fsp3) is 0.810. The first kappa shape index (κ1) is 19.4. The van der Waals surface area contributed by atoms with E-state index in [-0.39, 0.29) is 11.4 Å². The Kier molecular flexibility index (Phi) is 6.06. The number of amides is 1. The molecule has 1 aliphatic heterocycles. The summed E-state index contributed by atoms with van der Waals surface area (Å²) in [7, 11) is 0. The van der Waals surface area contributed by atoms with Gasteiger partial charge in [0.2, 0.25) is 0 Å². The lowest BCUT2D eigenvalue weighted by molar-refractivity contribution is 0.0933. The molecule has 1 aromatic heterocycles. The topological polar surface area (TPSA) is 50.2 Å². The van der Waals surface area contributed by atoms with Crippen LogP contribution in [0.25, 0.3) is 0 Å². The lowest BCUT2D eigenvalue weighted by Gasteiger charge is -2.30. The van der Waals surface area contributed by atoms with Crippen LogP contribution >= 0.6 is 0 Å². The van der Waals surface area contributed by atoms with Crippen molar-refractivity contribution in [3.63, 3.8) is 0 Å². The van der Waals surface area contributed by atoms with Crippen molar-refractivity contribution in [1.29, 1.82) is 0 Å². The van der Waals surface area contributed by atoms with E-state index < -0.39 is 0 Å². The molecule has 3 rings (SSSR count). The van der Waals surface area contributed by atoms with Crippen molar-refractivity contribution in [2.45, 2.75) is 77.7 Å². The van der Waals surface area contributed by atoms with Gasteiger partial charge in [0.05, 0.1) is 11.2 Å². The van der Waals surface area contributed by atoms with E-state index in [0.29, 0.717) is 11.6 Å². The number of rotatable bonds is 7. The van der Waals surface area contributed by atoms with E-state index in [1.165, 1.54) is 38.8 Å². The maximum Gasteiger partial charge on any atom is 0.269 e. The third kappa shape index (κ3) is 5.09. The highest BCUT2D eigenvalue weighted by atomic mass is 16.2. The Morgan fingerprint density at radius 3 is 2.69 bits per heavy atom. The Balaban J connectivity index is 1.46. The fourth-order valence-electron chi connectivity index (χ4n) is 3.89. The van der Waals surface area contributed by atoms with Gasteiger partial charge < -0.3 is 10.2 Å². The Hall–Kier alpha value is -1.36.